The molecule has 0 unspecified atom stereocenters. The highest BCUT2D eigenvalue weighted by Crippen LogP contribution is 2.15. The molecule has 0 aliphatic carbocycles. The van der Waals surface area contributed by atoms with Crippen LogP contribution < -0.4 is 11.3 Å². The summed E-state index contributed by atoms with van der Waals surface area (Å²) >= 11 is 0. The Morgan fingerprint density at radius 1 is 1.37 bits per heavy atom. The van der Waals surface area contributed by atoms with Crippen LogP contribution in [0, 0.1) is 0 Å². The van der Waals surface area contributed by atoms with Crippen LogP contribution >= 0.6 is 0 Å². The number of hydrogen-bond acceptors (Lipinski definition) is 4. The summed E-state index contributed by atoms with van der Waals surface area (Å²) in [7, 11) is 1.85. The predicted molar refractivity (Wildman–Crippen MR) is 77.9 cm³/mol. The molecule has 0 radical (unpaired) electrons. The van der Waals surface area contributed by atoms with E-state index in [2.05, 4.69) is 24.3 Å². The zero-order valence-corrected chi connectivity index (χ0v) is 12.2. The number of nitrogens with two attached hydrogens (primary N) is 1. The summed E-state index contributed by atoms with van der Waals surface area (Å²) in [4.78, 5) is 18.6. The highest BCUT2D eigenvalue weighted by Gasteiger charge is 2.19. The van der Waals surface area contributed by atoms with Gasteiger partial charge in [0.25, 0.3) is 5.91 Å². The molecule has 0 aromatic carbocycles. The van der Waals surface area contributed by atoms with Gasteiger partial charge in [0, 0.05) is 24.3 Å². The van der Waals surface area contributed by atoms with Crippen LogP contribution in [-0.4, -0.2) is 28.9 Å². The van der Waals surface area contributed by atoms with E-state index in [1.807, 2.05) is 20.0 Å². The van der Waals surface area contributed by atoms with E-state index in [1.54, 1.807) is 11.0 Å². The van der Waals surface area contributed by atoms with E-state index in [1.165, 1.54) is 0 Å². The molecule has 1 heterocycles. The molecule has 1 aromatic heterocycles. The monoisotopic (exact) mass is 264 g/mol. The second-order valence-corrected chi connectivity index (χ2v) is 4.62. The van der Waals surface area contributed by atoms with Crippen molar-refractivity contribution < 1.29 is 4.79 Å². The average molecular weight is 264 g/mol. The Hall–Kier alpha value is -1.62. The molecule has 5 nitrogen and oxygen atoms in total. The maximum absolute atomic E-state index is 12.5. The Balaban J connectivity index is 3.04. The van der Waals surface area contributed by atoms with Crippen molar-refractivity contribution >= 4 is 11.7 Å². The van der Waals surface area contributed by atoms with Gasteiger partial charge in [-0.3, -0.25) is 4.79 Å². The van der Waals surface area contributed by atoms with Crippen molar-refractivity contribution in [2.45, 2.75) is 46.1 Å². The number of carbonyl (C=O) groups excluding carboxylic acids is 1. The fraction of sp³-hybridized carbons (Fsp3) is 0.571. The van der Waals surface area contributed by atoms with Gasteiger partial charge in [0.15, 0.2) is 0 Å². The number of amides is 1. The van der Waals surface area contributed by atoms with Crippen LogP contribution in [0.4, 0.5) is 5.82 Å². The van der Waals surface area contributed by atoms with E-state index >= 15 is 0 Å². The summed E-state index contributed by atoms with van der Waals surface area (Å²) < 4.78 is 0. The largest absolute Gasteiger partial charge is 0.339 e. The van der Waals surface area contributed by atoms with Gasteiger partial charge in [-0.25, -0.2) is 10.8 Å². The number of nitrogen functional groups attached to an aromatic ring is 1. The van der Waals surface area contributed by atoms with Gasteiger partial charge < -0.3 is 10.3 Å². The second kappa shape index (κ2) is 7.09. The molecular formula is C14H24N4O. The summed E-state index contributed by atoms with van der Waals surface area (Å²) in [5, 5.41) is 0. The average Bonchev–Trinajstić information content (AvgIpc) is 2.46. The van der Waals surface area contributed by atoms with Crippen molar-refractivity contribution in [2.24, 2.45) is 5.84 Å². The minimum absolute atomic E-state index is 0.0160. The first-order valence-electron chi connectivity index (χ1n) is 6.82. The number of carbonyl (C=O) groups is 1. The lowest BCUT2D eigenvalue weighted by Crippen LogP contribution is -2.36. The van der Waals surface area contributed by atoms with Crippen LogP contribution in [-0.2, 0) is 6.42 Å². The van der Waals surface area contributed by atoms with Gasteiger partial charge in [-0.05, 0) is 31.4 Å². The van der Waals surface area contributed by atoms with Crippen LogP contribution in [0.1, 0.15) is 49.7 Å². The predicted octanol–water partition coefficient (Wildman–Crippen LogP) is 2.19. The molecule has 19 heavy (non-hydrogen) atoms. The lowest BCUT2D eigenvalue weighted by molar-refractivity contribution is 0.0723. The molecule has 0 aliphatic heterocycles. The highest BCUT2D eigenvalue weighted by atomic mass is 16.2. The molecule has 1 rings (SSSR count). The normalized spacial score (nSPS) is 10.6. The Labute approximate surface area is 115 Å². The maximum Gasteiger partial charge on any atom is 0.254 e. The second-order valence-electron chi connectivity index (χ2n) is 4.62. The third-order valence-corrected chi connectivity index (χ3v) is 3.45. The van der Waals surface area contributed by atoms with Gasteiger partial charge in [0.05, 0.1) is 0 Å². The Morgan fingerprint density at radius 3 is 2.47 bits per heavy atom. The number of pyridine rings is 1. The third kappa shape index (κ3) is 3.67. The molecule has 5 heteroatoms. The van der Waals surface area contributed by atoms with E-state index in [0.717, 1.165) is 25.0 Å². The van der Waals surface area contributed by atoms with E-state index in [4.69, 9.17) is 5.84 Å². The van der Waals surface area contributed by atoms with Crippen LogP contribution in [0.5, 0.6) is 0 Å². The fourth-order valence-electron chi connectivity index (χ4n) is 2.17. The maximum atomic E-state index is 12.5. The number of rotatable bonds is 6. The smallest absolute Gasteiger partial charge is 0.254 e. The van der Waals surface area contributed by atoms with Crippen molar-refractivity contribution in [1.82, 2.24) is 9.88 Å². The molecule has 0 saturated heterocycles. The summed E-state index contributed by atoms with van der Waals surface area (Å²) in [6.07, 6.45) is 2.67. The van der Waals surface area contributed by atoms with Gasteiger partial charge in [-0.15, -0.1) is 0 Å². The number of aryl methyl sites for hydroxylation is 1. The standard InChI is InChI=1S/C14H24N4O/c1-5-11-8-10(9-13(16-11)17-15)14(19)18(4)12(6-2)7-3/h8-9,12H,5-7,15H2,1-4H3,(H,16,17). The first kappa shape index (κ1) is 15.4. The highest BCUT2D eigenvalue weighted by molar-refractivity contribution is 5.95. The minimum atomic E-state index is 0.0160. The molecule has 1 amide bonds. The molecule has 0 saturated carbocycles. The molecular weight excluding hydrogens is 240 g/mol. The number of anilines is 1. The molecule has 106 valence electrons. The van der Waals surface area contributed by atoms with Crippen LogP contribution in [0.15, 0.2) is 12.1 Å². The van der Waals surface area contributed by atoms with Gasteiger partial charge in [-0.2, -0.15) is 0 Å². The molecule has 0 aliphatic rings. The van der Waals surface area contributed by atoms with E-state index in [-0.39, 0.29) is 11.9 Å². The summed E-state index contributed by atoms with van der Waals surface area (Å²) in [5.41, 5.74) is 4.00. The van der Waals surface area contributed by atoms with Crippen molar-refractivity contribution in [2.75, 3.05) is 12.5 Å². The first-order chi connectivity index (χ1) is 9.07. The topological polar surface area (TPSA) is 71.2 Å². The van der Waals surface area contributed by atoms with E-state index in [0.29, 0.717) is 11.4 Å². The quantitative estimate of drug-likeness (QED) is 0.610. The van der Waals surface area contributed by atoms with Gasteiger partial charge >= 0.3 is 0 Å². The zero-order valence-electron chi connectivity index (χ0n) is 12.2. The van der Waals surface area contributed by atoms with Crippen LogP contribution in [0.3, 0.4) is 0 Å². The van der Waals surface area contributed by atoms with E-state index in [9.17, 15) is 4.79 Å². The lowest BCUT2D eigenvalue weighted by atomic mass is 10.1. The SMILES string of the molecule is CCc1cc(C(=O)N(C)C(CC)CC)cc(NN)n1. The molecule has 0 fully saturated rings. The van der Waals surface area contributed by atoms with Crippen LogP contribution in [0.25, 0.3) is 0 Å². The summed E-state index contributed by atoms with van der Waals surface area (Å²) in [5.74, 6) is 5.94. The summed E-state index contributed by atoms with van der Waals surface area (Å²) in [6.45, 7) is 6.19. The van der Waals surface area contributed by atoms with Crippen molar-refractivity contribution in [3.05, 3.63) is 23.4 Å². The number of nitrogens with zero attached hydrogens (tertiary/aromatic N) is 2. The molecule has 0 bridgehead atoms. The Bertz CT molecular complexity index is 407. The van der Waals surface area contributed by atoms with Gasteiger partial charge in [0.1, 0.15) is 5.82 Å². The Morgan fingerprint density at radius 2 is 2.00 bits per heavy atom. The summed E-state index contributed by atoms with van der Waals surface area (Å²) in [6, 6.07) is 3.79. The van der Waals surface area contributed by atoms with E-state index < -0.39 is 0 Å². The molecule has 0 spiro atoms. The first-order valence-corrected chi connectivity index (χ1v) is 6.82. The Kier molecular flexibility index (Phi) is 5.76. The third-order valence-electron chi connectivity index (χ3n) is 3.45. The van der Waals surface area contributed by atoms with Crippen molar-refractivity contribution in [3.63, 3.8) is 0 Å². The molecule has 3 N–H and O–H groups in total. The van der Waals surface area contributed by atoms with Gasteiger partial charge in [-0.1, -0.05) is 20.8 Å². The zero-order chi connectivity index (χ0) is 14.4. The van der Waals surface area contributed by atoms with Gasteiger partial charge in [0.2, 0.25) is 0 Å². The van der Waals surface area contributed by atoms with Crippen molar-refractivity contribution in [3.8, 4) is 0 Å². The number of nitrogens with one attached hydrogen (secondary N) is 1. The molecule has 0 atom stereocenters. The van der Waals surface area contributed by atoms with Crippen molar-refractivity contribution in [1.29, 1.82) is 0 Å². The number of hydrogen-bond donors (Lipinski definition) is 2. The number of aromatic nitrogens is 1. The molecule has 1 aromatic rings. The fourth-order valence-corrected chi connectivity index (χ4v) is 2.17. The minimum Gasteiger partial charge on any atom is -0.339 e. The van der Waals surface area contributed by atoms with Crippen LogP contribution in [0.2, 0.25) is 0 Å². The lowest BCUT2D eigenvalue weighted by Gasteiger charge is -2.26. The number of hydrazine groups is 1.